The molecule has 31 heavy (non-hydrogen) atoms. The number of amides is 1. The Bertz CT molecular complexity index is 1080. The van der Waals surface area contributed by atoms with Gasteiger partial charge in [0.05, 0.1) is 28.4 Å². The Balaban J connectivity index is 2.17. The van der Waals surface area contributed by atoms with Gasteiger partial charge in [-0.25, -0.2) is 0 Å². The third-order valence-corrected chi connectivity index (χ3v) is 5.32. The molecule has 0 atom stereocenters. The number of aliphatic hydroxyl groups is 1. The van der Waals surface area contributed by atoms with Gasteiger partial charge >= 0.3 is 0 Å². The van der Waals surface area contributed by atoms with E-state index in [1.54, 1.807) is 28.4 Å². The summed E-state index contributed by atoms with van der Waals surface area (Å²) in [7, 11) is 6.32. The second-order valence-electron chi connectivity index (χ2n) is 7.15. The Morgan fingerprint density at radius 2 is 1.29 bits per heavy atom. The van der Waals surface area contributed by atoms with Gasteiger partial charge in [-0.15, -0.1) is 0 Å². The minimum absolute atomic E-state index is 0.163. The van der Waals surface area contributed by atoms with Crippen molar-refractivity contribution in [1.82, 2.24) is 5.32 Å². The van der Waals surface area contributed by atoms with Gasteiger partial charge in [-0.1, -0.05) is 0 Å². The molecule has 3 rings (SSSR count). The first-order chi connectivity index (χ1) is 15.1. The van der Waals surface area contributed by atoms with Crippen LogP contribution in [0.2, 0.25) is 0 Å². The van der Waals surface area contributed by atoms with Gasteiger partial charge in [0.15, 0.2) is 23.0 Å². The first-order valence-corrected chi connectivity index (χ1v) is 10.2. The molecular weight excluding hydrogens is 398 g/mol. The minimum Gasteiger partial charge on any atom is -0.493 e. The predicted molar refractivity (Wildman–Crippen MR) is 121 cm³/mol. The number of rotatable bonds is 10. The standard InChI is InChI=1S/C24H29NO6/c1-28-20-11-15-10-19(24(27)25-8-6-5-7-9-26)18-14-23(31-4)22(30-3)13-17(18)16(15)12-21(20)29-2/h10-14,26H,5-9H2,1-4H3,(H,25,27). The fourth-order valence-corrected chi connectivity index (χ4v) is 3.70. The van der Waals surface area contributed by atoms with Crippen LogP contribution in [0.3, 0.4) is 0 Å². The number of methoxy groups -OCH3 is 4. The molecule has 2 N–H and O–H groups in total. The van der Waals surface area contributed by atoms with E-state index in [-0.39, 0.29) is 12.5 Å². The topological polar surface area (TPSA) is 86.3 Å². The number of carbonyl (C=O) groups is 1. The minimum atomic E-state index is -0.169. The predicted octanol–water partition coefficient (Wildman–Crippen LogP) is 3.92. The molecule has 7 nitrogen and oxygen atoms in total. The summed E-state index contributed by atoms with van der Waals surface area (Å²) in [6.45, 7) is 0.702. The summed E-state index contributed by atoms with van der Waals surface area (Å²) in [5.74, 6) is 2.15. The van der Waals surface area contributed by atoms with Crippen LogP contribution >= 0.6 is 0 Å². The highest BCUT2D eigenvalue weighted by Gasteiger charge is 2.18. The molecule has 0 bridgehead atoms. The van der Waals surface area contributed by atoms with Crippen molar-refractivity contribution < 1.29 is 28.8 Å². The Kier molecular flexibility index (Phi) is 7.41. The maximum atomic E-state index is 13.1. The third-order valence-electron chi connectivity index (χ3n) is 5.32. The summed E-state index contributed by atoms with van der Waals surface area (Å²) >= 11 is 0. The number of unbranched alkanes of at least 4 members (excludes halogenated alkanes) is 2. The highest BCUT2D eigenvalue weighted by atomic mass is 16.5. The van der Waals surface area contributed by atoms with Crippen molar-refractivity contribution in [3.63, 3.8) is 0 Å². The van der Waals surface area contributed by atoms with E-state index in [0.29, 0.717) is 35.1 Å². The van der Waals surface area contributed by atoms with Gasteiger partial charge in [-0.2, -0.15) is 0 Å². The Hall–Kier alpha value is -3.19. The number of fused-ring (bicyclic) bond motifs is 3. The Morgan fingerprint density at radius 1 is 0.742 bits per heavy atom. The lowest BCUT2D eigenvalue weighted by Crippen LogP contribution is -2.24. The largest absolute Gasteiger partial charge is 0.493 e. The molecule has 0 aliphatic carbocycles. The molecule has 0 aromatic heterocycles. The van der Waals surface area contributed by atoms with E-state index in [4.69, 9.17) is 24.1 Å². The molecule has 1 amide bonds. The molecule has 3 aromatic rings. The number of nitrogens with one attached hydrogen (secondary N) is 1. The molecule has 0 saturated heterocycles. The van der Waals surface area contributed by atoms with Crippen molar-refractivity contribution in [1.29, 1.82) is 0 Å². The molecule has 3 aromatic carbocycles. The first-order valence-electron chi connectivity index (χ1n) is 10.2. The van der Waals surface area contributed by atoms with Crippen LogP contribution in [0.1, 0.15) is 29.6 Å². The molecular formula is C24H29NO6. The van der Waals surface area contributed by atoms with E-state index >= 15 is 0 Å². The summed E-state index contributed by atoms with van der Waals surface area (Å²) in [4.78, 5) is 13.1. The van der Waals surface area contributed by atoms with Crippen LogP contribution in [0.5, 0.6) is 23.0 Å². The lowest BCUT2D eigenvalue weighted by atomic mass is 9.95. The van der Waals surface area contributed by atoms with E-state index in [1.807, 2.05) is 30.3 Å². The summed E-state index contributed by atoms with van der Waals surface area (Å²) in [5.41, 5.74) is 0.540. The van der Waals surface area contributed by atoms with Crippen molar-refractivity contribution in [2.75, 3.05) is 41.6 Å². The van der Waals surface area contributed by atoms with Crippen molar-refractivity contribution >= 4 is 27.5 Å². The van der Waals surface area contributed by atoms with Crippen LogP contribution in [0.15, 0.2) is 30.3 Å². The molecule has 0 heterocycles. The van der Waals surface area contributed by atoms with Crippen LogP contribution in [-0.2, 0) is 0 Å². The highest BCUT2D eigenvalue weighted by molar-refractivity contribution is 6.18. The van der Waals surface area contributed by atoms with Crippen LogP contribution < -0.4 is 24.3 Å². The summed E-state index contributed by atoms with van der Waals surface area (Å²) in [6.07, 6.45) is 2.39. The maximum Gasteiger partial charge on any atom is 0.251 e. The maximum absolute atomic E-state index is 13.1. The average molecular weight is 427 g/mol. The fourth-order valence-electron chi connectivity index (χ4n) is 3.70. The summed E-state index contributed by atoms with van der Waals surface area (Å²) in [6, 6.07) is 9.32. The molecule has 0 fully saturated rings. The van der Waals surface area contributed by atoms with Gasteiger partial charge in [0, 0.05) is 18.7 Å². The quantitative estimate of drug-likeness (QED) is 0.377. The van der Waals surface area contributed by atoms with Crippen molar-refractivity contribution in [2.45, 2.75) is 19.3 Å². The van der Waals surface area contributed by atoms with Gasteiger partial charge in [0.1, 0.15) is 0 Å². The van der Waals surface area contributed by atoms with Gasteiger partial charge in [-0.05, 0) is 71.1 Å². The molecule has 0 aliphatic rings. The van der Waals surface area contributed by atoms with Crippen LogP contribution in [-0.4, -0.2) is 52.6 Å². The van der Waals surface area contributed by atoms with E-state index in [9.17, 15) is 4.79 Å². The Labute approximate surface area is 181 Å². The monoisotopic (exact) mass is 427 g/mol. The van der Waals surface area contributed by atoms with Crippen molar-refractivity contribution in [3.05, 3.63) is 35.9 Å². The fraction of sp³-hybridized carbons (Fsp3) is 0.375. The van der Waals surface area contributed by atoms with Gasteiger partial charge in [0.2, 0.25) is 0 Å². The average Bonchev–Trinajstić information content (AvgIpc) is 2.81. The zero-order chi connectivity index (χ0) is 22.4. The highest BCUT2D eigenvalue weighted by Crippen LogP contribution is 2.41. The van der Waals surface area contributed by atoms with Crippen molar-refractivity contribution in [3.8, 4) is 23.0 Å². The molecule has 0 saturated carbocycles. The molecule has 0 radical (unpaired) electrons. The SMILES string of the molecule is COc1cc2cc(C(=O)NCCCCCO)c3cc(OC)c(OC)cc3c2cc1OC. The van der Waals surface area contributed by atoms with Crippen LogP contribution in [0.25, 0.3) is 21.5 Å². The van der Waals surface area contributed by atoms with Gasteiger partial charge in [0.25, 0.3) is 5.91 Å². The van der Waals surface area contributed by atoms with Crippen LogP contribution in [0, 0.1) is 0 Å². The number of aliphatic hydroxyl groups excluding tert-OH is 1. The van der Waals surface area contributed by atoms with E-state index in [0.717, 1.165) is 40.8 Å². The molecule has 0 aliphatic heterocycles. The smallest absolute Gasteiger partial charge is 0.251 e. The van der Waals surface area contributed by atoms with Crippen LogP contribution in [0.4, 0.5) is 0 Å². The Morgan fingerprint density at radius 3 is 1.87 bits per heavy atom. The van der Waals surface area contributed by atoms with Crippen molar-refractivity contribution in [2.24, 2.45) is 0 Å². The van der Waals surface area contributed by atoms with E-state index < -0.39 is 0 Å². The normalized spacial score (nSPS) is 10.9. The number of hydrogen-bond donors (Lipinski definition) is 2. The molecule has 7 heteroatoms. The first kappa shape index (κ1) is 22.5. The lowest BCUT2D eigenvalue weighted by Gasteiger charge is -2.16. The second kappa shape index (κ2) is 10.2. The number of carbonyl (C=O) groups excluding carboxylic acids is 1. The number of benzene rings is 3. The van der Waals surface area contributed by atoms with Gasteiger partial charge in [-0.3, -0.25) is 4.79 Å². The molecule has 0 unspecified atom stereocenters. The summed E-state index contributed by atoms with van der Waals surface area (Å²) < 4.78 is 21.9. The summed E-state index contributed by atoms with van der Waals surface area (Å²) in [5, 5.41) is 15.3. The molecule has 166 valence electrons. The zero-order valence-electron chi connectivity index (χ0n) is 18.4. The van der Waals surface area contributed by atoms with Gasteiger partial charge < -0.3 is 29.4 Å². The zero-order valence-corrected chi connectivity index (χ0v) is 18.4. The molecule has 0 spiro atoms. The second-order valence-corrected chi connectivity index (χ2v) is 7.15. The van der Waals surface area contributed by atoms with E-state index in [1.165, 1.54) is 0 Å². The lowest BCUT2D eigenvalue weighted by molar-refractivity contribution is 0.0954. The number of ether oxygens (including phenoxy) is 4. The third kappa shape index (κ3) is 4.61. The van der Waals surface area contributed by atoms with E-state index in [2.05, 4.69) is 5.32 Å². The number of hydrogen-bond acceptors (Lipinski definition) is 6.